The molecule has 0 aliphatic heterocycles. The number of amides is 6. The maximum Gasteiger partial charge on any atom is 0.519 e. The summed E-state index contributed by atoms with van der Waals surface area (Å²) in [6, 6.07) is 10.4. The molecular weight excluding hydrogens is 1300 g/mol. The van der Waals surface area contributed by atoms with Crippen LogP contribution in [0.15, 0.2) is 48.5 Å². The van der Waals surface area contributed by atoms with Crippen LogP contribution in [0.4, 0.5) is 85.0 Å². The second-order valence-electron chi connectivity index (χ2n) is 20.9. The lowest BCUT2D eigenvalue weighted by Gasteiger charge is -2.22. The van der Waals surface area contributed by atoms with Crippen molar-refractivity contribution in [2.45, 2.75) is 105 Å². The predicted octanol–water partition coefficient (Wildman–Crippen LogP) is 10.6. The summed E-state index contributed by atoms with van der Waals surface area (Å²) in [6.07, 6.45) is -2.56. The van der Waals surface area contributed by atoms with Crippen LogP contribution in [0.5, 0.6) is 17.2 Å². The second-order valence-corrected chi connectivity index (χ2v) is 20.9. The normalized spacial score (nSPS) is 12.2. The molecule has 19 nitrogen and oxygen atoms in total. The molecule has 0 aromatic heterocycles. The van der Waals surface area contributed by atoms with Crippen LogP contribution >= 0.6 is 0 Å². The zero-order chi connectivity index (χ0) is 71.2. The standard InChI is InChI=1S/C27H30F5N3O6.C20H31N3O4.C13F10O3/c1-13(2)14(3)25(37)35-17(5-4-10-34-26(33)38)18(36)11-15-6-8-16(9-7-15)12-40-27(39)41-24-22(31)20(29)19(28)21(30)23(24)32;1-13(2)14(3)19(26)23-17(5-4-10-22-20(21)27)18(25)11-15-6-8-16(12-24)9-7-15;14-1-3(16)7(20)11(8(21)4(1)17)25-13(24)26-12-9(22)5(18)2(15)6(19)10(12)23/h6-9,13-14,17H,4-5,10-12H2,1-3H3,(H,35,37)(H3,33,34,38);6-9,13-14,17,24H,4-5,10-12H2,1-3H3,(H,23,26)(H3,21,22,27);/t2*14-,17-;/m00./s1. The van der Waals surface area contributed by atoms with Gasteiger partial charge < -0.3 is 56.8 Å². The van der Waals surface area contributed by atoms with Crippen molar-refractivity contribution in [3.8, 4) is 17.2 Å². The lowest BCUT2D eigenvalue weighted by Crippen LogP contribution is -2.45. The van der Waals surface area contributed by atoms with Crippen molar-refractivity contribution in [3.63, 3.8) is 0 Å². The Hall–Kier alpha value is -9.63. The molecule has 0 heterocycles. The Morgan fingerprint density at radius 1 is 0.404 bits per heavy atom. The lowest BCUT2D eigenvalue weighted by atomic mass is 9.95. The number of hydrogen-bond acceptors (Lipinski definition) is 13. The third kappa shape index (κ3) is 22.6. The van der Waals surface area contributed by atoms with E-state index in [-0.39, 0.29) is 79.5 Å². The van der Waals surface area contributed by atoms with Crippen molar-refractivity contribution in [1.29, 1.82) is 0 Å². The Balaban J connectivity index is 0.000000382. The molecule has 0 bridgehead atoms. The van der Waals surface area contributed by atoms with Gasteiger partial charge in [0.05, 0.1) is 18.7 Å². The van der Waals surface area contributed by atoms with Crippen molar-refractivity contribution in [1.82, 2.24) is 21.3 Å². The first kappa shape index (κ1) is 78.6. The topological polar surface area (TPSA) is 294 Å². The van der Waals surface area contributed by atoms with E-state index < -0.39 is 148 Å². The minimum absolute atomic E-state index is 0.0467. The van der Waals surface area contributed by atoms with E-state index in [1.54, 1.807) is 31.2 Å². The van der Waals surface area contributed by atoms with E-state index in [1.807, 2.05) is 34.6 Å². The van der Waals surface area contributed by atoms with Crippen LogP contribution in [-0.2, 0) is 50.0 Å². The third-order valence-corrected chi connectivity index (χ3v) is 13.6. The van der Waals surface area contributed by atoms with Crippen molar-refractivity contribution < 1.29 is 128 Å². The smallest absolute Gasteiger partial charge is 0.429 e. The number of urea groups is 2. The van der Waals surface area contributed by atoms with E-state index in [1.165, 1.54) is 24.3 Å². The first-order chi connectivity index (χ1) is 43.9. The Morgan fingerprint density at radius 3 is 0.947 bits per heavy atom. The monoisotopic (exact) mass is 1360 g/mol. The summed E-state index contributed by atoms with van der Waals surface area (Å²) in [4.78, 5) is 95.4. The molecule has 0 aliphatic carbocycles. The summed E-state index contributed by atoms with van der Waals surface area (Å²) < 4.78 is 213. The minimum atomic E-state index is -2.62. The van der Waals surface area contributed by atoms with Crippen LogP contribution in [-0.4, -0.2) is 78.0 Å². The number of aliphatic hydroxyl groups is 1. The highest BCUT2D eigenvalue weighted by molar-refractivity contribution is 5.92. The van der Waals surface area contributed by atoms with Crippen LogP contribution in [0, 0.1) is 111 Å². The number of ketones is 2. The number of halogens is 15. The van der Waals surface area contributed by atoms with Crippen LogP contribution in [0.3, 0.4) is 0 Å². The highest BCUT2D eigenvalue weighted by atomic mass is 19.2. The Morgan fingerprint density at radius 2 is 0.670 bits per heavy atom. The molecule has 0 saturated heterocycles. The molecule has 5 aromatic rings. The van der Waals surface area contributed by atoms with Gasteiger partial charge in [-0.05, 0) is 59.8 Å². The first-order valence-electron chi connectivity index (χ1n) is 27.7. The zero-order valence-electron chi connectivity index (χ0n) is 50.3. The highest BCUT2D eigenvalue weighted by Crippen LogP contribution is 2.33. The lowest BCUT2D eigenvalue weighted by molar-refractivity contribution is -0.130. The molecule has 0 radical (unpaired) electrons. The van der Waals surface area contributed by atoms with E-state index >= 15 is 0 Å². The molecule has 34 heteroatoms. The van der Waals surface area contributed by atoms with E-state index in [2.05, 4.69) is 40.2 Å². The summed E-state index contributed by atoms with van der Waals surface area (Å²) in [5, 5.41) is 19.6. The van der Waals surface area contributed by atoms with Crippen LogP contribution in [0.2, 0.25) is 0 Å². The molecular formula is C60H61F15N6O13. The quantitative estimate of drug-likeness (QED) is 0.00678. The Bertz CT molecular complexity index is 3390. The summed E-state index contributed by atoms with van der Waals surface area (Å²) >= 11 is 0. The number of nitrogens with one attached hydrogen (secondary N) is 4. The molecule has 0 aliphatic rings. The van der Waals surface area contributed by atoms with E-state index in [0.29, 0.717) is 36.9 Å². The van der Waals surface area contributed by atoms with Gasteiger partial charge in [-0.2, -0.15) is 26.3 Å². The van der Waals surface area contributed by atoms with Gasteiger partial charge in [-0.3, -0.25) is 19.2 Å². The number of rotatable bonds is 26. The van der Waals surface area contributed by atoms with Crippen molar-refractivity contribution in [2.24, 2.45) is 35.1 Å². The van der Waals surface area contributed by atoms with Gasteiger partial charge in [-0.25, -0.2) is 58.7 Å². The van der Waals surface area contributed by atoms with Gasteiger partial charge in [-0.1, -0.05) is 90.1 Å². The van der Waals surface area contributed by atoms with Crippen LogP contribution in [0.25, 0.3) is 0 Å². The van der Waals surface area contributed by atoms with Crippen molar-refractivity contribution in [2.75, 3.05) is 13.1 Å². The third-order valence-electron chi connectivity index (χ3n) is 13.6. The molecule has 6 amide bonds. The van der Waals surface area contributed by atoms with E-state index in [0.717, 1.165) is 11.1 Å². The van der Waals surface area contributed by atoms with Gasteiger partial charge in [0.1, 0.15) is 6.61 Å². The first-order valence-corrected chi connectivity index (χ1v) is 27.7. The van der Waals surface area contributed by atoms with Crippen molar-refractivity contribution in [3.05, 3.63) is 158 Å². The summed E-state index contributed by atoms with van der Waals surface area (Å²) in [5.41, 5.74) is 12.6. The maximum absolute atomic E-state index is 13.7. The molecule has 4 atom stereocenters. The molecule has 5 rings (SSSR count). The number of nitrogens with two attached hydrogens (primary N) is 2. The average molecular weight is 1360 g/mol. The molecule has 9 N–H and O–H groups in total. The molecule has 514 valence electrons. The van der Waals surface area contributed by atoms with Gasteiger partial charge in [0.2, 0.25) is 116 Å². The second kappa shape index (κ2) is 36.6. The summed E-state index contributed by atoms with van der Waals surface area (Å²) in [7, 11) is 0. The molecule has 0 fully saturated rings. The number of primary amides is 2. The van der Waals surface area contributed by atoms with Gasteiger partial charge >= 0.3 is 24.4 Å². The molecule has 5 aromatic carbocycles. The van der Waals surface area contributed by atoms with Crippen LogP contribution < -0.4 is 46.9 Å². The largest absolute Gasteiger partial charge is 0.519 e. The fourth-order valence-electron chi connectivity index (χ4n) is 7.50. The maximum atomic E-state index is 13.7. The molecule has 0 spiro atoms. The van der Waals surface area contributed by atoms with E-state index in [9.17, 15) is 104 Å². The number of benzene rings is 5. The SMILES string of the molecule is CC(C)[C@H](C)C(=O)N[C@@H](CCCNC(N)=O)C(=O)Cc1ccc(CO)cc1.CC(C)[C@H](C)C(=O)N[C@@H](CCCNC(N)=O)C(=O)Cc1ccc(COC(=O)Oc2c(F)c(F)c(F)c(F)c2F)cc1.O=C(Oc1c(F)c(F)c(F)c(F)c1F)Oc1c(F)c(F)c(F)c(F)c1F. The predicted molar refractivity (Wildman–Crippen MR) is 298 cm³/mol. The number of carbonyl (C=O) groups is 8. The van der Waals surface area contributed by atoms with Gasteiger partial charge in [0.25, 0.3) is 0 Å². The Labute approximate surface area is 525 Å². The van der Waals surface area contributed by atoms with Gasteiger partial charge in [0.15, 0.2) is 11.6 Å². The van der Waals surface area contributed by atoms with Crippen LogP contribution in [0.1, 0.15) is 89.5 Å². The average Bonchev–Trinajstić information content (AvgIpc) is 0.817. The van der Waals surface area contributed by atoms with Gasteiger partial charge in [-0.15, -0.1) is 0 Å². The Kier molecular flexibility index (Phi) is 30.6. The fourth-order valence-corrected chi connectivity index (χ4v) is 7.50. The number of hydrogen-bond donors (Lipinski definition) is 7. The highest BCUT2D eigenvalue weighted by Gasteiger charge is 2.34. The minimum Gasteiger partial charge on any atom is -0.429 e. The molecule has 94 heavy (non-hydrogen) atoms. The molecule has 0 unspecified atom stereocenters. The van der Waals surface area contributed by atoms with E-state index in [4.69, 9.17) is 16.6 Å². The van der Waals surface area contributed by atoms with Gasteiger partial charge in [0, 0.05) is 37.8 Å². The summed E-state index contributed by atoms with van der Waals surface area (Å²) in [6.45, 7) is 11.3. The fraction of sp³-hybridized carbons (Fsp3) is 0.367. The summed E-state index contributed by atoms with van der Waals surface area (Å²) in [5.74, 6) is -45.0. The van der Waals surface area contributed by atoms with Crippen molar-refractivity contribution >= 4 is 47.8 Å². The number of carbonyl (C=O) groups excluding carboxylic acids is 8. The number of Topliss-reactive ketones (excluding diaryl/α,β-unsaturated/α-hetero) is 2. The molecule has 0 saturated carbocycles. The number of aliphatic hydroxyl groups excluding tert-OH is 1. The number of ether oxygens (including phenoxy) is 4. The zero-order valence-corrected chi connectivity index (χ0v) is 50.3.